The van der Waals surface area contributed by atoms with Crippen LogP contribution in [0.3, 0.4) is 0 Å². The first-order chi connectivity index (χ1) is 9.93. The van der Waals surface area contributed by atoms with Crippen molar-refractivity contribution in [3.05, 3.63) is 29.6 Å². The van der Waals surface area contributed by atoms with Gasteiger partial charge in [0.25, 0.3) is 0 Å². The number of nitrogens with one attached hydrogen (secondary N) is 1. The Labute approximate surface area is 124 Å². The Morgan fingerprint density at radius 3 is 2.48 bits per heavy atom. The topological polar surface area (TPSA) is 24.9 Å². The van der Waals surface area contributed by atoms with E-state index < -0.39 is 12.1 Å². The Hall–Kier alpha value is -1.10. The second-order valence-corrected chi connectivity index (χ2v) is 5.92. The summed E-state index contributed by atoms with van der Waals surface area (Å²) < 4.78 is 38.3. The molecule has 0 aliphatic heterocycles. The van der Waals surface area contributed by atoms with Gasteiger partial charge in [-0.1, -0.05) is 6.92 Å². The number of aromatic nitrogens is 1. The molecule has 1 fully saturated rings. The van der Waals surface area contributed by atoms with Gasteiger partial charge >= 0.3 is 6.18 Å². The van der Waals surface area contributed by atoms with Crippen molar-refractivity contribution >= 4 is 0 Å². The molecule has 0 bridgehead atoms. The Bertz CT molecular complexity index is 451. The fourth-order valence-corrected chi connectivity index (χ4v) is 3.33. The first kappa shape index (κ1) is 16.3. The average molecular weight is 300 g/mol. The molecule has 1 atom stereocenters. The highest BCUT2D eigenvalue weighted by Gasteiger charge is 2.42. The van der Waals surface area contributed by atoms with E-state index in [1.807, 2.05) is 26.1 Å². The minimum atomic E-state index is -4.04. The number of alkyl halides is 3. The summed E-state index contributed by atoms with van der Waals surface area (Å²) >= 11 is 0. The normalized spacial score (nSPS) is 24.8. The van der Waals surface area contributed by atoms with Crippen LogP contribution in [0.2, 0.25) is 0 Å². The molecule has 2 nitrogen and oxygen atoms in total. The van der Waals surface area contributed by atoms with Crippen LogP contribution < -0.4 is 5.32 Å². The summed E-state index contributed by atoms with van der Waals surface area (Å²) in [5.74, 6) is -0.863. The maximum Gasteiger partial charge on any atom is 0.391 e. The molecular weight excluding hydrogens is 277 g/mol. The molecule has 118 valence electrons. The highest BCUT2D eigenvalue weighted by molar-refractivity contribution is 5.26. The van der Waals surface area contributed by atoms with E-state index in [1.54, 1.807) is 6.20 Å². The van der Waals surface area contributed by atoms with Gasteiger partial charge in [0.15, 0.2) is 0 Å². The van der Waals surface area contributed by atoms with Crippen molar-refractivity contribution in [2.75, 3.05) is 6.54 Å². The molecule has 1 N–H and O–H groups in total. The van der Waals surface area contributed by atoms with Crippen molar-refractivity contribution in [3.8, 4) is 0 Å². The quantitative estimate of drug-likeness (QED) is 0.891. The Morgan fingerprint density at radius 1 is 1.29 bits per heavy atom. The van der Waals surface area contributed by atoms with Gasteiger partial charge in [0.05, 0.1) is 5.92 Å². The molecule has 1 unspecified atom stereocenters. The van der Waals surface area contributed by atoms with E-state index in [0.29, 0.717) is 12.8 Å². The zero-order valence-corrected chi connectivity index (χ0v) is 12.6. The second kappa shape index (κ2) is 6.77. The van der Waals surface area contributed by atoms with Crippen LogP contribution >= 0.6 is 0 Å². The summed E-state index contributed by atoms with van der Waals surface area (Å²) in [6.07, 6.45) is 1.29. The molecule has 5 heteroatoms. The van der Waals surface area contributed by atoms with Gasteiger partial charge in [-0.15, -0.1) is 0 Å². The molecule has 1 aromatic heterocycles. The van der Waals surface area contributed by atoms with Gasteiger partial charge in [0.1, 0.15) is 0 Å². The second-order valence-electron chi connectivity index (χ2n) is 5.92. The van der Waals surface area contributed by atoms with Gasteiger partial charge in [-0.05, 0) is 62.3 Å². The van der Waals surface area contributed by atoms with Gasteiger partial charge in [0, 0.05) is 18.4 Å². The predicted octanol–water partition coefficient (Wildman–Crippen LogP) is 4.41. The summed E-state index contributed by atoms with van der Waals surface area (Å²) in [5, 5.41) is 3.44. The summed E-state index contributed by atoms with van der Waals surface area (Å²) in [4.78, 5) is 4.18. The van der Waals surface area contributed by atoms with E-state index >= 15 is 0 Å². The summed E-state index contributed by atoms with van der Waals surface area (Å²) in [6, 6.07) is 2.07. The summed E-state index contributed by atoms with van der Waals surface area (Å²) in [7, 11) is 0. The molecule has 1 aliphatic carbocycles. The SMILES string of the molecule is CCNC(c1cnccc1C)C1CCC(C(F)(F)F)CC1. The van der Waals surface area contributed by atoms with Crippen molar-refractivity contribution in [1.82, 2.24) is 10.3 Å². The largest absolute Gasteiger partial charge is 0.391 e. The molecule has 1 saturated carbocycles. The zero-order valence-electron chi connectivity index (χ0n) is 12.6. The molecule has 2 rings (SSSR count). The lowest BCUT2D eigenvalue weighted by Gasteiger charge is -2.35. The highest BCUT2D eigenvalue weighted by atomic mass is 19.4. The third kappa shape index (κ3) is 3.96. The molecule has 0 amide bonds. The predicted molar refractivity (Wildman–Crippen MR) is 76.9 cm³/mol. The third-order valence-corrected chi connectivity index (χ3v) is 4.54. The number of nitrogens with zero attached hydrogens (tertiary/aromatic N) is 1. The van der Waals surface area contributed by atoms with Crippen molar-refractivity contribution in [1.29, 1.82) is 0 Å². The number of aryl methyl sites for hydroxylation is 1. The van der Waals surface area contributed by atoms with Crippen LogP contribution in [0.1, 0.15) is 49.8 Å². The van der Waals surface area contributed by atoms with Gasteiger partial charge in [-0.2, -0.15) is 13.2 Å². The minimum absolute atomic E-state index is 0.109. The van der Waals surface area contributed by atoms with Gasteiger partial charge in [0.2, 0.25) is 0 Å². The summed E-state index contributed by atoms with van der Waals surface area (Å²) in [6.45, 7) is 4.86. The van der Waals surface area contributed by atoms with Gasteiger partial charge in [-0.25, -0.2) is 0 Å². The third-order valence-electron chi connectivity index (χ3n) is 4.54. The Morgan fingerprint density at radius 2 is 1.95 bits per heavy atom. The van der Waals surface area contributed by atoms with Crippen LogP contribution in [0.4, 0.5) is 13.2 Å². The van der Waals surface area contributed by atoms with E-state index in [-0.39, 0.29) is 24.8 Å². The van der Waals surface area contributed by atoms with Crippen LogP contribution in [0.15, 0.2) is 18.5 Å². The smallest absolute Gasteiger partial charge is 0.310 e. The van der Waals surface area contributed by atoms with Crippen LogP contribution in [0, 0.1) is 18.8 Å². The van der Waals surface area contributed by atoms with E-state index in [4.69, 9.17) is 0 Å². The number of pyridine rings is 1. The lowest BCUT2D eigenvalue weighted by Crippen LogP contribution is -2.34. The maximum atomic E-state index is 12.8. The van der Waals surface area contributed by atoms with Crippen molar-refractivity contribution < 1.29 is 13.2 Å². The number of rotatable bonds is 4. The van der Waals surface area contributed by atoms with Crippen LogP contribution in [0.25, 0.3) is 0 Å². The van der Waals surface area contributed by atoms with Crippen molar-refractivity contribution in [2.45, 2.75) is 51.7 Å². The fraction of sp³-hybridized carbons (Fsp3) is 0.688. The first-order valence-electron chi connectivity index (χ1n) is 7.64. The Balaban J connectivity index is 2.09. The number of hydrogen-bond donors (Lipinski definition) is 1. The van der Waals surface area contributed by atoms with Gasteiger partial charge < -0.3 is 5.32 Å². The van der Waals surface area contributed by atoms with Crippen LogP contribution in [0.5, 0.6) is 0 Å². The molecule has 0 aromatic carbocycles. The molecule has 0 radical (unpaired) electrons. The molecule has 1 aromatic rings. The lowest BCUT2D eigenvalue weighted by molar-refractivity contribution is -0.184. The maximum absolute atomic E-state index is 12.8. The molecule has 0 spiro atoms. The lowest BCUT2D eigenvalue weighted by atomic mass is 9.76. The fourth-order valence-electron chi connectivity index (χ4n) is 3.33. The van der Waals surface area contributed by atoms with E-state index in [2.05, 4.69) is 10.3 Å². The molecule has 1 aliphatic rings. The molecule has 21 heavy (non-hydrogen) atoms. The average Bonchev–Trinajstić information content (AvgIpc) is 2.45. The zero-order chi connectivity index (χ0) is 15.5. The molecule has 0 saturated heterocycles. The van der Waals surface area contributed by atoms with Crippen molar-refractivity contribution in [2.24, 2.45) is 11.8 Å². The molecular formula is C16H23F3N2. The van der Waals surface area contributed by atoms with Crippen LogP contribution in [-0.4, -0.2) is 17.7 Å². The van der Waals surface area contributed by atoms with Crippen molar-refractivity contribution in [3.63, 3.8) is 0 Å². The van der Waals surface area contributed by atoms with Gasteiger partial charge in [-0.3, -0.25) is 4.98 Å². The number of halogens is 3. The standard InChI is InChI=1S/C16H23F3N2/c1-3-21-15(14-10-20-9-8-11(14)2)12-4-6-13(7-5-12)16(17,18)19/h8-10,12-13,15,21H,3-7H2,1-2H3. The first-order valence-corrected chi connectivity index (χ1v) is 7.64. The van der Waals surface area contributed by atoms with E-state index in [9.17, 15) is 13.2 Å². The summed E-state index contributed by atoms with van der Waals surface area (Å²) in [5.41, 5.74) is 2.27. The molecule has 1 heterocycles. The number of hydrogen-bond acceptors (Lipinski definition) is 2. The van der Waals surface area contributed by atoms with E-state index in [0.717, 1.165) is 17.7 Å². The van der Waals surface area contributed by atoms with Crippen LogP contribution in [-0.2, 0) is 0 Å². The monoisotopic (exact) mass is 300 g/mol. The highest BCUT2D eigenvalue weighted by Crippen LogP contribution is 2.43. The Kier molecular flexibility index (Phi) is 5.25. The minimum Gasteiger partial charge on any atom is -0.310 e. The van der Waals surface area contributed by atoms with E-state index in [1.165, 1.54) is 0 Å².